The molecule has 2 aromatic rings. The third-order valence-electron chi connectivity index (χ3n) is 1.70. The Balaban J connectivity index is 2.89. The lowest BCUT2D eigenvalue weighted by Crippen LogP contribution is -1.90. The molecular weight excluding hydrogens is 220 g/mol. The molecule has 5 heteroatoms. The Labute approximate surface area is 77.5 Å². The molecule has 2 aromatic heterocycles. The average Bonchev–Trinajstić information content (AvgIpc) is 2.39. The third-order valence-corrected chi connectivity index (χ3v) is 2.56. The molecule has 2 rings (SSSR count). The van der Waals surface area contributed by atoms with E-state index in [-0.39, 0.29) is 0 Å². The zero-order chi connectivity index (χ0) is 8.72. The first kappa shape index (κ1) is 7.54. The number of anilines is 1. The molecule has 0 aliphatic heterocycles. The van der Waals surface area contributed by atoms with Gasteiger partial charge in [-0.05, 0) is 13.0 Å². The molecule has 0 aromatic carbocycles. The van der Waals surface area contributed by atoms with Crippen LogP contribution in [-0.2, 0) is 0 Å². The fourth-order valence-electron chi connectivity index (χ4n) is 1.07. The molecular formula is C7H7BrN4. The van der Waals surface area contributed by atoms with E-state index in [0.717, 1.165) is 15.7 Å². The Morgan fingerprint density at radius 3 is 3.08 bits per heavy atom. The molecule has 0 saturated heterocycles. The van der Waals surface area contributed by atoms with Gasteiger partial charge in [0.15, 0.2) is 5.65 Å². The maximum Gasteiger partial charge on any atom is 0.240 e. The van der Waals surface area contributed by atoms with E-state index < -0.39 is 0 Å². The summed E-state index contributed by atoms with van der Waals surface area (Å²) < 4.78 is 2.68. The number of aromatic nitrogens is 3. The van der Waals surface area contributed by atoms with Crippen LogP contribution in [-0.4, -0.2) is 14.6 Å². The molecule has 0 bridgehead atoms. The standard InChI is InChI=1S/C7H7BrN4/c1-4-5(8)2-3-12-6(4)10-7(9)11-12/h2-3H,1H3,(H2,9,11). The number of pyridine rings is 1. The summed E-state index contributed by atoms with van der Waals surface area (Å²) >= 11 is 3.40. The van der Waals surface area contributed by atoms with Gasteiger partial charge in [-0.1, -0.05) is 15.9 Å². The molecule has 0 aliphatic carbocycles. The highest BCUT2D eigenvalue weighted by Crippen LogP contribution is 2.19. The molecule has 0 aliphatic rings. The van der Waals surface area contributed by atoms with Crippen molar-refractivity contribution in [1.82, 2.24) is 14.6 Å². The number of nitrogens with zero attached hydrogens (tertiary/aromatic N) is 3. The first-order valence-electron chi connectivity index (χ1n) is 3.45. The zero-order valence-corrected chi connectivity index (χ0v) is 8.04. The minimum absolute atomic E-state index is 0.302. The third kappa shape index (κ3) is 0.972. The summed E-state index contributed by atoms with van der Waals surface area (Å²) in [4.78, 5) is 4.07. The van der Waals surface area contributed by atoms with Crippen molar-refractivity contribution in [2.24, 2.45) is 0 Å². The maximum atomic E-state index is 5.45. The molecule has 12 heavy (non-hydrogen) atoms. The first-order chi connectivity index (χ1) is 5.68. The van der Waals surface area contributed by atoms with Gasteiger partial charge in [-0.25, -0.2) is 4.52 Å². The van der Waals surface area contributed by atoms with E-state index in [0.29, 0.717) is 5.95 Å². The van der Waals surface area contributed by atoms with Crippen molar-refractivity contribution in [3.63, 3.8) is 0 Å². The van der Waals surface area contributed by atoms with E-state index in [9.17, 15) is 0 Å². The summed E-state index contributed by atoms with van der Waals surface area (Å²) in [5.41, 5.74) is 7.29. The second-order valence-corrected chi connectivity index (χ2v) is 3.38. The van der Waals surface area contributed by atoms with Crippen molar-refractivity contribution in [3.05, 3.63) is 22.3 Å². The van der Waals surface area contributed by atoms with Crippen LogP contribution in [0.5, 0.6) is 0 Å². The van der Waals surface area contributed by atoms with Gasteiger partial charge in [0.2, 0.25) is 5.95 Å². The fourth-order valence-corrected chi connectivity index (χ4v) is 1.36. The van der Waals surface area contributed by atoms with Gasteiger partial charge in [0, 0.05) is 16.2 Å². The predicted molar refractivity (Wildman–Crippen MR) is 49.8 cm³/mol. The topological polar surface area (TPSA) is 56.2 Å². The summed E-state index contributed by atoms with van der Waals surface area (Å²) in [7, 11) is 0. The van der Waals surface area contributed by atoms with Gasteiger partial charge in [0.1, 0.15) is 0 Å². The molecule has 0 amide bonds. The highest BCUT2D eigenvalue weighted by Gasteiger charge is 2.04. The second-order valence-electron chi connectivity index (χ2n) is 2.53. The van der Waals surface area contributed by atoms with Crippen molar-refractivity contribution in [2.75, 3.05) is 5.73 Å². The molecule has 0 atom stereocenters. The molecule has 0 spiro atoms. The molecule has 2 heterocycles. The van der Waals surface area contributed by atoms with Gasteiger partial charge in [0.05, 0.1) is 0 Å². The van der Waals surface area contributed by atoms with Crippen LogP contribution in [0.2, 0.25) is 0 Å². The number of halogens is 1. The van der Waals surface area contributed by atoms with E-state index in [1.165, 1.54) is 0 Å². The van der Waals surface area contributed by atoms with Gasteiger partial charge < -0.3 is 5.73 Å². The summed E-state index contributed by atoms with van der Waals surface area (Å²) in [6.45, 7) is 1.97. The Kier molecular flexibility index (Phi) is 1.54. The molecule has 4 nitrogen and oxygen atoms in total. The number of hydrogen-bond acceptors (Lipinski definition) is 3. The van der Waals surface area contributed by atoms with Crippen LogP contribution < -0.4 is 5.73 Å². The van der Waals surface area contributed by atoms with E-state index in [1.807, 2.05) is 19.2 Å². The van der Waals surface area contributed by atoms with Gasteiger partial charge in [0.25, 0.3) is 0 Å². The van der Waals surface area contributed by atoms with Crippen LogP contribution in [0.15, 0.2) is 16.7 Å². The van der Waals surface area contributed by atoms with Crippen molar-refractivity contribution < 1.29 is 0 Å². The second kappa shape index (κ2) is 2.45. The van der Waals surface area contributed by atoms with Gasteiger partial charge in [-0.2, -0.15) is 4.98 Å². The lowest BCUT2D eigenvalue weighted by atomic mass is 10.3. The number of hydrogen-bond donors (Lipinski definition) is 1. The zero-order valence-electron chi connectivity index (χ0n) is 6.45. The minimum atomic E-state index is 0.302. The van der Waals surface area contributed by atoms with Crippen molar-refractivity contribution in [2.45, 2.75) is 6.92 Å². The van der Waals surface area contributed by atoms with Crippen LogP contribution in [0.1, 0.15) is 5.56 Å². The molecule has 0 unspecified atom stereocenters. The summed E-state index contributed by atoms with van der Waals surface area (Å²) in [6.07, 6.45) is 1.82. The van der Waals surface area contributed by atoms with Crippen LogP contribution in [0.25, 0.3) is 5.65 Å². The smallest absolute Gasteiger partial charge is 0.240 e. The predicted octanol–water partition coefficient (Wildman–Crippen LogP) is 1.38. The quantitative estimate of drug-likeness (QED) is 0.739. The molecule has 62 valence electrons. The lowest BCUT2D eigenvalue weighted by Gasteiger charge is -1.97. The highest BCUT2D eigenvalue weighted by molar-refractivity contribution is 9.10. The van der Waals surface area contributed by atoms with E-state index in [1.54, 1.807) is 4.52 Å². The number of fused-ring (bicyclic) bond motifs is 1. The van der Waals surface area contributed by atoms with Crippen molar-refractivity contribution in [3.8, 4) is 0 Å². The van der Waals surface area contributed by atoms with E-state index in [2.05, 4.69) is 26.0 Å². The van der Waals surface area contributed by atoms with Crippen LogP contribution in [0, 0.1) is 6.92 Å². The Morgan fingerprint density at radius 2 is 2.33 bits per heavy atom. The normalized spacial score (nSPS) is 10.8. The molecule has 0 radical (unpaired) electrons. The SMILES string of the molecule is Cc1c(Br)ccn2nc(N)nc12. The number of aryl methyl sites for hydroxylation is 1. The summed E-state index contributed by atoms with van der Waals surface area (Å²) in [5, 5.41) is 3.98. The number of nitrogen functional groups attached to an aromatic ring is 1. The van der Waals surface area contributed by atoms with Crippen LogP contribution >= 0.6 is 15.9 Å². The van der Waals surface area contributed by atoms with E-state index >= 15 is 0 Å². The van der Waals surface area contributed by atoms with Gasteiger partial charge in [-0.3, -0.25) is 0 Å². The van der Waals surface area contributed by atoms with Crippen molar-refractivity contribution >= 4 is 27.5 Å². The fraction of sp³-hybridized carbons (Fsp3) is 0.143. The minimum Gasteiger partial charge on any atom is -0.366 e. The van der Waals surface area contributed by atoms with Crippen LogP contribution in [0.4, 0.5) is 5.95 Å². The summed E-state index contributed by atoms with van der Waals surface area (Å²) in [5.74, 6) is 0.302. The summed E-state index contributed by atoms with van der Waals surface area (Å²) in [6, 6.07) is 1.91. The highest BCUT2D eigenvalue weighted by atomic mass is 79.9. The molecule has 2 N–H and O–H groups in total. The average molecular weight is 227 g/mol. The maximum absolute atomic E-state index is 5.45. The van der Waals surface area contributed by atoms with E-state index in [4.69, 9.17) is 5.73 Å². The monoisotopic (exact) mass is 226 g/mol. The largest absolute Gasteiger partial charge is 0.366 e. The number of nitrogens with two attached hydrogens (primary N) is 1. The van der Waals surface area contributed by atoms with Crippen LogP contribution in [0.3, 0.4) is 0 Å². The molecule has 0 fully saturated rings. The van der Waals surface area contributed by atoms with Crippen molar-refractivity contribution in [1.29, 1.82) is 0 Å². The van der Waals surface area contributed by atoms with Gasteiger partial charge in [-0.15, -0.1) is 5.10 Å². The van der Waals surface area contributed by atoms with Gasteiger partial charge >= 0.3 is 0 Å². The first-order valence-corrected chi connectivity index (χ1v) is 4.25. The Bertz CT molecular complexity index is 434. The lowest BCUT2D eigenvalue weighted by molar-refractivity contribution is 0.960. The Hall–Kier alpha value is -1.10. The Morgan fingerprint density at radius 1 is 1.58 bits per heavy atom. The molecule has 0 saturated carbocycles. The number of rotatable bonds is 0.